The van der Waals surface area contributed by atoms with Gasteiger partial charge in [-0.15, -0.1) is 0 Å². The summed E-state index contributed by atoms with van der Waals surface area (Å²) in [7, 11) is -13.7. The molecule has 118 valence electrons. The van der Waals surface area contributed by atoms with Gasteiger partial charge in [-0.25, -0.2) is 5.26 Å². The Morgan fingerprint density at radius 3 is 1.59 bits per heavy atom. The van der Waals surface area contributed by atoms with Gasteiger partial charge in [0.25, 0.3) is 0 Å². The van der Waals surface area contributed by atoms with Crippen molar-refractivity contribution < 1.29 is 126 Å². The Kier molecular flexibility index (Phi) is 15.3. The van der Waals surface area contributed by atoms with Crippen LogP contribution in [0.15, 0.2) is 0 Å². The van der Waals surface area contributed by atoms with E-state index in [-0.39, 0.29) is 73.7 Å². The molecule has 0 spiro atoms. The summed E-state index contributed by atoms with van der Waals surface area (Å²) in [5.74, 6) is 0. The SMILES string of the molecule is O=[S-](=O)OOS(=O)(=O)OOS(=O)(=O)OO.[Tm].[Tm]. The summed E-state index contributed by atoms with van der Waals surface area (Å²) in [6, 6.07) is 0. The molecule has 0 aliphatic rings. The summed E-state index contributed by atoms with van der Waals surface area (Å²) >= 11 is 0. The van der Waals surface area contributed by atoms with Gasteiger partial charge in [0.1, 0.15) is 0 Å². The van der Waals surface area contributed by atoms with Gasteiger partial charge < -0.3 is 8.42 Å². The maximum atomic E-state index is 10.3. The maximum Gasteiger partial charge on any atom is 0.454 e. The van der Waals surface area contributed by atoms with Gasteiger partial charge in [-0.2, -0.15) is 16.8 Å². The molecule has 0 rings (SSSR count). The Morgan fingerprint density at radius 2 is 1.24 bits per heavy atom. The van der Waals surface area contributed by atoms with Gasteiger partial charge in [0.15, 0.2) is 0 Å². The molecule has 0 unspecified atom stereocenters. The van der Waals surface area contributed by atoms with E-state index in [1.54, 1.807) is 0 Å². The third-order valence-corrected chi connectivity index (χ3v) is 1.69. The molecule has 0 saturated carbocycles. The van der Waals surface area contributed by atoms with Gasteiger partial charge in [-0.1, -0.05) is 17.3 Å². The van der Waals surface area contributed by atoms with E-state index < -0.39 is 31.8 Å². The quantitative estimate of drug-likeness (QED) is 0.189. The fraction of sp³-hybridized carbons (Fsp3) is 0. The largest absolute Gasteiger partial charge is 0.454 e. The monoisotopic (exact) mass is 627 g/mol. The van der Waals surface area contributed by atoms with E-state index in [4.69, 9.17) is 5.26 Å². The molecule has 0 heterocycles. The van der Waals surface area contributed by atoms with Gasteiger partial charge in [-0.05, 0) is 0 Å². The molecule has 0 atom stereocenters. The molecule has 1 N–H and O–H groups in total. The van der Waals surface area contributed by atoms with E-state index in [0.29, 0.717) is 0 Å². The van der Waals surface area contributed by atoms with Crippen molar-refractivity contribution in [3.63, 3.8) is 0 Å². The number of hydrogen-bond acceptors (Lipinski definition) is 13. The van der Waals surface area contributed by atoms with Gasteiger partial charge >= 0.3 is 20.8 Å². The molecule has 17 heavy (non-hydrogen) atoms. The molecular weight excluding hydrogens is 626 g/mol. The molecule has 0 aromatic heterocycles. The predicted octanol–water partition coefficient (Wildman–Crippen LogP) is -1.91. The van der Waals surface area contributed by atoms with E-state index in [1.165, 1.54) is 0 Å². The molecule has 0 fully saturated rings. The molecule has 0 aliphatic carbocycles. The van der Waals surface area contributed by atoms with Crippen molar-refractivity contribution in [2.24, 2.45) is 0 Å². The molecule has 0 aromatic rings. The van der Waals surface area contributed by atoms with E-state index in [1.807, 2.05) is 0 Å². The van der Waals surface area contributed by atoms with Crippen LogP contribution in [0.2, 0.25) is 0 Å². The van der Waals surface area contributed by atoms with Gasteiger partial charge in [0, 0.05) is 73.7 Å². The third kappa shape index (κ3) is 14.3. The minimum atomic E-state index is -5.23. The molecule has 0 amide bonds. The van der Waals surface area contributed by atoms with E-state index >= 15 is 0 Å². The average molecular weight is 627 g/mol. The molecule has 17 heteroatoms. The van der Waals surface area contributed by atoms with Gasteiger partial charge in [-0.3, -0.25) is 4.33 Å². The van der Waals surface area contributed by atoms with Crippen LogP contribution in [0.3, 0.4) is 0 Å². The second-order valence-corrected chi connectivity index (χ2v) is 4.10. The standard InChI is InChI=1S/HO12S3.2Tm/c1-8-14(4,5)11-12-15(6,7)10-9-13(2)3;;/h1H;;/q-1;;. The predicted molar refractivity (Wildman–Crippen MR) is 34.6 cm³/mol. The van der Waals surface area contributed by atoms with E-state index in [2.05, 4.69) is 21.7 Å². The van der Waals surface area contributed by atoms with Gasteiger partial charge in [0.05, 0.1) is 11.0 Å². The summed E-state index contributed by atoms with van der Waals surface area (Å²) in [5, 5.41) is 7.55. The van der Waals surface area contributed by atoms with Crippen LogP contribution in [0, 0.1) is 73.7 Å². The Bertz CT molecular complexity index is 444. The fourth-order valence-electron chi connectivity index (χ4n) is 0.149. The summed E-state index contributed by atoms with van der Waals surface area (Å²) in [6.45, 7) is 0. The second kappa shape index (κ2) is 10.8. The summed E-state index contributed by atoms with van der Waals surface area (Å²) < 4.78 is 74.7. The molecular formula is HO12S3Tm2-. The molecule has 2 radical (unpaired) electrons. The molecule has 12 nitrogen and oxygen atoms in total. The van der Waals surface area contributed by atoms with Crippen LogP contribution in [0.4, 0.5) is 0 Å². The van der Waals surface area contributed by atoms with Crippen molar-refractivity contribution in [2.45, 2.75) is 0 Å². The van der Waals surface area contributed by atoms with Crippen LogP contribution in [-0.2, 0) is 61.9 Å². The average Bonchev–Trinajstić information content (AvgIpc) is 2.13. The van der Waals surface area contributed by atoms with Gasteiger partial charge in [0.2, 0.25) is 0 Å². The zero-order valence-electron chi connectivity index (χ0n) is 6.72. The first-order chi connectivity index (χ1) is 6.68. The Morgan fingerprint density at radius 1 is 0.824 bits per heavy atom. The number of hydrogen-bond donors (Lipinski definition) is 1. The molecule has 0 aromatic carbocycles. The van der Waals surface area contributed by atoms with Crippen LogP contribution in [0.5, 0.6) is 0 Å². The summed E-state index contributed by atoms with van der Waals surface area (Å²) in [5.41, 5.74) is 0. The second-order valence-electron chi connectivity index (χ2n) is 1.37. The summed E-state index contributed by atoms with van der Waals surface area (Å²) in [6.07, 6.45) is 0. The van der Waals surface area contributed by atoms with Crippen molar-refractivity contribution in [2.75, 3.05) is 0 Å². The van der Waals surface area contributed by atoms with E-state index in [9.17, 15) is 25.3 Å². The minimum Gasteiger partial charge on any atom is -0.394 e. The van der Waals surface area contributed by atoms with Crippen molar-refractivity contribution in [1.29, 1.82) is 0 Å². The smallest absolute Gasteiger partial charge is 0.394 e. The minimum absolute atomic E-state index is 0. The first-order valence-corrected chi connectivity index (χ1v) is 6.02. The first-order valence-electron chi connectivity index (χ1n) is 2.35. The van der Waals surface area contributed by atoms with Crippen molar-refractivity contribution in [1.82, 2.24) is 0 Å². The van der Waals surface area contributed by atoms with Crippen LogP contribution in [-0.4, -0.2) is 22.1 Å². The third-order valence-electron chi connectivity index (χ3n) is 0.452. The van der Waals surface area contributed by atoms with Crippen molar-refractivity contribution in [3.8, 4) is 0 Å². The molecule has 0 saturated heterocycles. The normalized spacial score (nSPS) is 11.6. The maximum absolute atomic E-state index is 10.3. The first kappa shape index (κ1) is 24.1. The zero-order chi connectivity index (χ0) is 12.1. The Labute approximate surface area is 155 Å². The fourth-order valence-corrected chi connectivity index (χ4v) is 1.19. The summed E-state index contributed by atoms with van der Waals surface area (Å²) in [4.78, 5) is 0. The molecule has 0 bridgehead atoms. The van der Waals surface area contributed by atoms with E-state index in [0.717, 1.165) is 0 Å². The zero-order valence-corrected chi connectivity index (χ0v) is 12.7. The van der Waals surface area contributed by atoms with Crippen LogP contribution in [0.1, 0.15) is 0 Å². The van der Waals surface area contributed by atoms with Crippen LogP contribution < -0.4 is 0 Å². The Balaban J connectivity index is -0.000000980. The van der Waals surface area contributed by atoms with Crippen molar-refractivity contribution in [3.05, 3.63) is 0 Å². The number of rotatable bonds is 7. The van der Waals surface area contributed by atoms with Crippen molar-refractivity contribution >= 4 is 31.8 Å². The topological polar surface area (TPSA) is 169 Å². The van der Waals surface area contributed by atoms with Crippen LogP contribution >= 0.6 is 0 Å². The Hall–Kier alpha value is 2.08. The molecule has 0 aliphatic heterocycles. The van der Waals surface area contributed by atoms with Crippen LogP contribution in [0.25, 0.3) is 0 Å².